The number of carbonyl (C=O) groups is 3. The lowest BCUT2D eigenvalue weighted by molar-refractivity contribution is -0.147. The van der Waals surface area contributed by atoms with Gasteiger partial charge in [0.05, 0.1) is 6.04 Å². The number of carboxylic acid groups (broad SMARTS) is 1. The van der Waals surface area contributed by atoms with Crippen LogP contribution in [0.4, 0.5) is 4.79 Å². The molecule has 0 aliphatic carbocycles. The van der Waals surface area contributed by atoms with Crippen LogP contribution in [-0.4, -0.2) is 52.2 Å². The molecule has 0 aromatic rings. The summed E-state index contributed by atoms with van der Waals surface area (Å²) >= 11 is 0. The molecule has 2 unspecified atom stereocenters. The van der Waals surface area contributed by atoms with Crippen LogP contribution in [0.5, 0.6) is 0 Å². The van der Waals surface area contributed by atoms with Gasteiger partial charge in [-0.1, -0.05) is 0 Å². The number of carbonyl (C=O) groups excluding carboxylic acids is 2. The number of aliphatic carboxylic acids is 1. The summed E-state index contributed by atoms with van der Waals surface area (Å²) in [7, 11) is 0. The molecular weight excluding hydrogens is 252 g/mol. The molecule has 0 aromatic heterocycles. The van der Waals surface area contributed by atoms with E-state index in [9.17, 15) is 14.4 Å². The molecule has 0 saturated carbocycles. The van der Waals surface area contributed by atoms with Crippen LogP contribution in [0, 0.1) is 0 Å². The molecule has 7 heteroatoms. The van der Waals surface area contributed by atoms with E-state index < -0.39 is 29.7 Å². The van der Waals surface area contributed by atoms with Crippen molar-refractivity contribution in [2.24, 2.45) is 0 Å². The molecule has 7 nitrogen and oxygen atoms in total. The number of nitrogens with one attached hydrogen (secondary N) is 1. The van der Waals surface area contributed by atoms with Crippen LogP contribution in [0.15, 0.2) is 0 Å². The zero-order valence-electron chi connectivity index (χ0n) is 11.6. The molecule has 1 saturated heterocycles. The van der Waals surface area contributed by atoms with Crippen LogP contribution in [-0.2, 0) is 14.3 Å². The summed E-state index contributed by atoms with van der Waals surface area (Å²) in [5.74, 6) is -1.35. The molecule has 19 heavy (non-hydrogen) atoms. The first kappa shape index (κ1) is 15.3. The molecule has 0 radical (unpaired) electrons. The van der Waals surface area contributed by atoms with Gasteiger partial charge in [0.25, 0.3) is 0 Å². The SMILES string of the molecule is CC(C(=O)O)N1CC(NC(=O)OC(C)(C)C)CC1=O. The number of alkyl carbamates (subject to hydrolysis) is 1. The van der Waals surface area contributed by atoms with Crippen LogP contribution in [0.2, 0.25) is 0 Å². The van der Waals surface area contributed by atoms with Gasteiger partial charge in [-0.3, -0.25) is 4.79 Å². The van der Waals surface area contributed by atoms with Gasteiger partial charge in [-0.15, -0.1) is 0 Å². The highest BCUT2D eigenvalue weighted by Gasteiger charge is 2.36. The second-order valence-corrected chi connectivity index (χ2v) is 5.61. The molecule has 2 atom stereocenters. The summed E-state index contributed by atoms with van der Waals surface area (Å²) in [5.41, 5.74) is -0.610. The minimum absolute atomic E-state index is 0.0941. The van der Waals surface area contributed by atoms with Crippen molar-refractivity contribution in [1.29, 1.82) is 0 Å². The average Bonchev–Trinajstić information content (AvgIpc) is 2.54. The number of hydrogen-bond donors (Lipinski definition) is 2. The number of likely N-dealkylation sites (tertiary alicyclic amines) is 1. The summed E-state index contributed by atoms with van der Waals surface area (Å²) in [6, 6.07) is -1.30. The predicted octanol–water partition coefficient (Wildman–Crippen LogP) is 0.585. The number of ether oxygens (including phenoxy) is 1. The maximum atomic E-state index is 11.7. The van der Waals surface area contributed by atoms with E-state index >= 15 is 0 Å². The largest absolute Gasteiger partial charge is 0.480 e. The minimum Gasteiger partial charge on any atom is -0.480 e. The van der Waals surface area contributed by atoms with Crippen LogP contribution >= 0.6 is 0 Å². The maximum Gasteiger partial charge on any atom is 0.407 e. The van der Waals surface area contributed by atoms with Gasteiger partial charge in [-0.25, -0.2) is 9.59 Å². The summed E-state index contributed by atoms with van der Waals surface area (Å²) in [4.78, 5) is 35.3. The lowest BCUT2D eigenvalue weighted by Crippen LogP contribution is -2.43. The van der Waals surface area contributed by atoms with Crippen molar-refractivity contribution in [3.8, 4) is 0 Å². The number of rotatable bonds is 3. The van der Waals surface area contributed by atoms with Crippen LogP contribution in [0.25, 0.3) is 0 Å². The monoisotopic (exact) mass is 272 g/mol. The van der Waals surface area contributed by atoms with Crippen molar-refractivity contribution < 1.29 is 24.2 Å². The fourth-order valence-corrected chi connectivity index (χ4v) is 1.81. The molecule has 1 fully saturated rings. The Labute approximate surface area is 111 Å². The van der Waals surface area contributed by atoms with Crippen LogP contribution in [0.3, 0.4) is 0 Å². The van der Waals surface area contributed by atoms with E-state index in [2.05, 4.69) is 5.32 Å². The van der Waals surface area contributed by atoms with Crippen molar-refractivity contribution in [2.45, 2.75) is 51.8 Å². The van der Waals surface area contributed by atoms with E-state index in [1.807, 2.05) is 0 Å². The zero-order chi connectivity index (χ0) is 14.8. The third-order valence-corrected chi connectivity index (χ3v) is 2.70. The molecule has 1 aliphatic rings. The fourth-order valence-electron chi connectivity index (χ4n) is 1.81. The highest BCUT2D eigenvalue weighted by molar-refractivity contribution is 5.86. The predicted molar refractivity (Wildman–Crippen MR) is 66.6 cm³/mol. The van der Waals surface area contributed by atoms with Crippen molar-refractivity contribution >= 4 is 18.0 Å². The Bertz CT molecular complexity index is 388. The molecule has 1 rings (SSSR count). The Morgan fingerprint density at radius 2 is 2.05 bits per heavy atom. The van der Waals surface area contributed by atoms with Gasteiger partial charge in [-0.05, 0) is 27.7 Å². The van der Waals surface area contributed by atoms with Crippen molar-refractivity contribution in [3.05, 3.63) is 0 Å². The van der Waals surface area contributed by atoms with Gasteiger partial charge in [0.1, 0.15) is 11.6 Å². The molecular formula is C12H20N2O5. The normalized spacial score (nSPS) is 21.2. The van der Waals surface area contributed by atoms with E-state index in [4.69, 9.17) is 9.84 Å². The first-order valence-corrected chi connectivity index (χ1v) is 6.12. The number of nitrogens with zero attached hydrogens (tertiary/aromatic N) is 1. The maximum absolute atomic E-state index is 11.7. The lowest BCUT2D eigenvalue weighted by atomic mass is 10.2. The van der Waals surface area contributed by atoms with Crippen molar-refractivity contribution in [2.75, 3.05) is 6.54 Å². The van der Waals surface area contributed by atoms with Gasteiger partial charge in [0, 0.05) is 13.0 Å². The summed E-state index contributed by atoms with van der Waals surface area (Å²) in [6.07, 6.45) is -0.508. The van der Waals surface area contributed by atoms with E-state index in [-0.39, 0.29) is 18.9 Å². The molecule has 108 valence electrons. The Hall–Kier alpha value is -1.79. The molecule has 1 aliphatic heterocycles. The molecule has 1 heterocycles. The highest BCUT2D eigenvalue weighted by Crippen LogP contribution is 2.15. The van der Waals surface area contributed by atoms with Crippen molar-refractivity contribution in [3.63, 3.8) is 0 Å². The smallest absolute Gasteiger partial charge is 0.407 e. The molecule has 2 N–H and O–H groups in total. The third kappa shape index (κ3) is 4.42. The second-order valence-electron chi connectivity index (χ2n) is 5.61. The van der Waals surface area contributed by atoms with E-state index in [1.54, 1.807) is 20.8 Å². The van der Waals surface area contributed by atoms with Crippen LogP contribution < -0.4 is 5.32 Å². The van der Waals surface area contributed by atoms with Crippen molar-refractivity contribution in [1.82, 2.24) is 10.2 Å². The standard InChI is InChI=1S/C12H20N2O5/c1-7(10(16)17)14-6-8(5-9(14)15)13-11(18)19-12(2,3)4/h7-8H,5-6H2,1-4H3,(H,13,18)(H,16,17). The van der Waals surface area contributed by atoms with E-state index in [1.165, 1.54) is 11.8 Å². The van der Waals surface area contributed by atoms with E-state index in [0.717, 1.165) is 0 Å². The lowest BCUT2D eigenvalue weighted by Gasteiger charge is -2.23. The summed E-state index contributed by atoms with van der Waals surface area (Å²) < 4.78 is 5.08. The van der Waals surface area contributed by atoms with E-state index in [0.29, 0.717) is 0 Å². The Kier molecular flexibility index (Phi) is 4.39. The average molecular weight is 272 g/mol. The van der Waals surface area contributed by atoms with Gasteiger partial charge < -0.3 is 20.1 Å². The highest BCUT2D eigenvalue weighted by atomic mass is 16.6. The molecule has 0 spiro atoms. The molecule has 2 amide bonds. The Balaban J connectivity index is 2.54. The van der Waals surface area contributed by atoms with Gasteiger partial charge in [0.2, 0.25) is 5.91 Å². The Morgan fingerprint density at radius 1 is 1.47 bits per heavy atom. The van der Waals surface area contributed by atoms with Crippen LogP contribution in [0.1, 0.15) is 34.1 Å². The van der Waals surface area contributed by atoms with Gasteiger partial charge >= 0.3 is 12.1 Å². The number of carboxylic acids is 1. The van der Waals surface area contributed by atoms with Gasteiger partial charge in [0.15, 0.2) is 0 Å². The Morgan fingerprint density at radius 3 is 2.53 bits per heavy atom. The first-order chi connectivity index (χ1) is 8.60. The minimum atomic E-state index is -1.06. The zero-order valence-corrected chi connectivity index (χ0v) is 11.6. The first-order valence-electron chi connectivity index (χ1n) is 6.12. The molecule has 0 bridgehead atoms. The van der Waals surface area contributed by atoms with Gasteiger partial charge in [-0.2, -0.15) is 0 Å². The number of hydrogen-bond acceptors (Lipinski definition) is 4. The summed E-state index contributed by atoms with van der Waals surface area (Å²) in [6.45, 7) is 6.85. The third-order valence-electron chi connectivity index (χ3n) is 2.70. The quantitative estimate of drug-likeness (QED) is 0.783. The fraction of sp³-hybridized carbons (Fsp3) is 0.750. The molecule has 0 aromatic carbocycles. The second kappa shape index (κ2) is 5.46. The summed E-state index contributed by atoms with van der Waals surface area (Å²) in [5, 5.41) is 11.4. The topological polar surface area (TPSA) is 95.9 Å². The number of amides is 2.